The van der Waals surface area contributed by atoms with E-state index in [9.17, 15) is 9.18 Å². The SMILES string of the molecule is CCCC(CC)(Pc1ccc(F)cc1C=O)c1cc(Cc2ccccc2)cc(Cc2ccccc2)c1OCc1ccccc1. The zero-order chi connectivity index (χ0) is 30.8. The van der Waals surface area contributed by atoms with Gasteiger partial charge >= 0.3 is 0 Å². The molecule has 0 bridgehead atoms. The first-order chi connectivity index (χ1) is 21.5. The molecule has 0 heterocycles. The van der Waals surface area contributed by atoms with Crippen molar-refractivity contribution in [2.45, 2.75) is 57.7 Å². The van der Waals surface area contributed by atoms with Crippen LogP contribution < -0.4 is 10.0 Å². The summed E-state index contributed by atoms with van der Waals surface area (Å²) in [6.07, 6.45) is 5.07. The maximum Gasteiger partial charge on any atom is 0.150 e. The normalized spacial score (nSPS) is 12.7. The summed E-state index contributed by atoms with van der Waals surface area (Å²) in [4.78, 5) is 12.1. The van der Waals surface area contributed by atoms with Crippen molar-refractivity contribution in [1.82, 2.24) is 0 Å². The number of rotatable bonds is 14. The first kappa shape index (κ1) is 31.4. The van der Waals surface area contributed by atoms with Crippen LogP contribution >= 0.6 is 8.58 Å². The van der Waals surface area contributed by atoms with Crippen LogP contribution in [-0.2, 0) is 24.6 Å². The van der Waals surface area contributed by atoms with E-state index in [1.807, 2.05) is 30.3 Å². The van der Waals surface area contributed by atoms with Crippen molar-refractivity contribution >= 4 is 20.2 Å². The van der Waals surface area contributed by atoms with Gasteiger partial charge in [-0.2, -0.15) is 0 Å². The molecule has 0 radical (unpaired) electrons. The Labute approximate surface area is 263 Å². The summed E-state index contributed by atoms with van der Waals surface area (Å²) in [5.41, 5.74) is 7.58. The summed E-state index contributed by atoms with van der Waals surface area (Å²) >= 11 is 0. The van der Waals surface area contributed by atoms with Gasteiger partial charge in [0.05, 0.1) is 0 Å². The average molecular weight is 603 g/mol. The van der Waals surface area contributed by atoms with E-state index in [0.29, 0.717) is 12.2 Å². The topological polar surface area (TPSA) is 26.3 Å². The molecule has 2 nitrogen and oxygen atoms in total. The zero-order valence-corrected chi connectivity index (χ0v) is 26.6. The maximum atomic E-state index is 14.2. The molecule has 44 heavy (non-hydrogen) atoms. The number of aldehydes is 1. The van der Waals surface area contributed by atoms with E-state index in [2.05, 4.69) is 86.6 Å². The molecule has 224 valence electrons. The van der Waals surface area contributed by atoms with Gasteiger partial charge in [-0.25, -0.2) is 4.39 Å². The quantitative estimate of drug-likeness (QED) is 0.0934. The fraction of sp³-hybridized carbons (Fsp3) is 0.225. The number of benzene rings is 5. The van der Waals surface area contributed by atoms with Crippen LogP contribution in [0.25, 0.3) is 0 Å². The van der Waals surface area contributed by atoms with Gasteiger partial charge in [0.25, 0.3) is 0 Å². The van der Waals surface area contributed by atoms with Crippen LogP contribution in [0.1, 0.15) is 76.8 Å². The van der Waals surface area contributed by atoms with Gasteiger partial charge in [-0.1, -0.05) is 138 Å². The van der Waals surface area contributed by atoms with Crippen LogP contribution in [0.4, 0.5) is 4.39 Å². The number of hydrogen-bond donors (Lipinski definition) is 0. The number of carbonyl (C=O) groups is 1. The molecular weight excluding hydrogens is 562 g/mol. The van der Waals surface area contributed by atoms with Gasteiger partial charge in [0.1, 0.15) is 18.2 Å². The molecule has 0 amide bonds. The Morgan fingerprint density at radius 3 is 1.93 bits per heavy atom. The Morgan fingerprint density at radius 2 is 1.34 bits per heavy atom. The van der Waals surface area contributed by atoms with Crippen LogP contribution in [-0.4, -0.2) is 6.29 Å². The number of ether oxygens (including phenoxy) is 1. The molecule has 0 spiro atoms. The second-order valence-corrected chi connectivity index (χ2v) is 13.1. The predicted molar refractivity (Wildman–Crippen MR) is 182 cm³/mol. The second kappa shape index (κ2) is 15.1. The first-order valence-electron chi connectivity index (χ1n) is 15.5. The van der Waals surface area contributed by atoms with Crippen molar-refractivity contribution in [3.8, 4) is 5.75 Å². The number of carbonyl (C=O) groups excluding carboxylic acids is 1. The Kier molecular flexibility index (Phi) is 10.8. The highest BCUT2D eigenvalue weighted by atomic mass is 31.1. The molecule has 2 atom stereocenters. The smallest absolute Gasteiger partial charge is 0.150 e. The van der Waals surface area contributed by atoms with Crippen LogP contribution in [0.15, 0.2) is 121 Å². The summed E-state index contributed by atoms with van der Waals surface area (Å²) in [5.74, 6) is 0.534. The van der Waals surface area contributed by atoms with Crippen molar-refractivity contribution in [3.63, 3.8) is 0 Å². The van der Waals surface area contributed by atoms with Crippen molar-refractivity contribution in [2.75, 3.05) is 0 Å². The Balaban J connectivity index is 1.71. The van der Waals surface area contributed by atoms with Crippen LogP contribution in [0.5, 0.6) is 5.75 Å². The van der Waals surface area contributed by atoms with Gasteiger partial charge in [0.15, 0.2) is 6.29 Å². The lowest BCUT2D eigenvalue weighted by molar-refractivity contribution is 0.112. The summed E-state index contributed by atoms with van der Waals surface area (Å²) in [7, 11) is 0.270. The molecule has 0 N–H and O–H groups in total. The van der Waals surface area contributed by atoms with E-state index < -0.39 is 0 Å². The highest BCUT2D eigenvalue weighted by Crippen LogP contribution is 2.52. The summed E-state index contributed by atoms with van der Waals surface area (Å²) < 4.78 is 21.1. The van der Waals surface area contributed by atoms with E-state index in [4.69, 9.17) is 4.74 Å². The number of halogens is 1. The molecule has 5 aromatic carbocycles. The summed E-state index contributed by atoms with van der Waals surface area (Å²) in [6.45, 7) is 4.90. The van der Waals surface area contributed by atoms with Gasteiger partial charge in [0.2, 0.25) is 0 Å². The van der Waals surface area contributed by atoms with Crippen molar-refractivity contribution < 1.29 is 13.9 Å². The molecule has 0 aliphatic rings. The molecule has 2 unspecified atom stereocenters. The highest BCUT2D eigenvalue weighted by Gasteiger charge is 2.35. The largest absolute Gasteiger partial charge is 0.488 e. The van der Waals surface area contributed by atoms with Gasteiger partial charge in [-0.15, -0.1) is 0 Å². The first-order valence-corrected chi connectivity index (χ1v) is 16.5. The minimum atomic E-state index is -0.389. The Bertz CT molecular complexity index is 1650. The lowest BCUT2D eigenvalue weighted by Crippen LogP contribution is -2.25. The van der Waals surface area contributed by atoms with E-state index in [1.54, 1.807) is 6.07 Å². The fourth-order valence-electron chi connectivity index (χ4n) is 6.04. The van der Waals surface area contributed by atoms with Crippen LogP contribution in [0.2, 0.25) is 0 Å². The molecule has 0 fully saturated rings. The van der Waals surface area contributed by atoms with E-state index in [0.717, 1.165) is 60.6 Å². The molecular formula is C40H40FO2P. The average Bonchev–Trinajstić information content (AvgIpc) is 3.06. The summed E-state index contributed by atoms with van der Waals surface area (Å²) in [6, 6.07) is 40.7. The molecule has 0 saturated carbocycles. The third-order valence-corrected chi connectivity index (χ3v) is 10.3. The lowest BCUT2D eigenvalue weighted by Gasteiger charge is -2.36. The number of hydrogen-bond acceptors (Lipinski definition) is 2. The molecule has 5 rings (SSSR count). The fourth-order valence-corrected chi connectivity index (χ4v) is 7.87. The van der Waals surface area contributed by atoms with E-state index >= 15 is 0 Å². The van der Waals surface area contributed by atoms with Crippen molar-refractivity contribution in [2.24, 2.45) is 0 Å². The minimum Gasteiger partial charge on any atom is -0.488 e. The second-order valence-electron chi connectivity index (χ2n) is 11.4. The monoisotopic (exact) mass is 602 g/mol. The molecule has 0 aromatic heterocycles. The molecule has 5 aromatic rings. The minimum absolute atomic E-state index is 0.270. The van der Waals surface area contributed by atoms with Gasteiger partial charge in [-0.3, -0.25) is 4.79 Å². The predicted octanol–water partition coefficient (Wildman–Crippen LogP) is 9.81. The lowest BCUT2D eigenvalue weighted by atomic mass is 9.85. The van der Waals surface area contributed by atoms with Crippen molar-refractivity contribution in [3.05, 3.63) is 166 Å². The van der Waals surface area contributed by atoms with Gasteiger partial charge in [-0.05, 0) is 64.5 Å². The van der Waals surface area contributed by atoms with Gasteiger partial charge in [0, 0.05) is 22.7 Å². The highest BCUT2D eigenvalue weighted by molar-refractivity contribution is 7.48. The maximum absolute atomic E-state index is 14.2. The van der Waals surface area contributed by atoms with Crippen LogP contribution in [0, 0.1) is 5.82 Å². The van der Waals surface area contributed by atoms with Gasteiger partial charge < -0.3 is 4.74 Å². The third-order valence-electron chi connectivity index (χ3n) is 8.25. The van der Waals surface area contributed by atoms with Crippen molar-refractivity contribution in [1.29, 1.82) is 0 Å². The molecule has 4 heteroatoms. The molecule has 0 aliphatic carbocycles. The van der Waals surface area contributed by atoms with Crippen LogP contribution in [0.3, 0.4) is 0 Å². The standard InChI is InChI=1S/C40H40FO2P/c1-3-22-40(4-2,44-38-21-20-36(41)27-35(38)28-42)37-26-33(23-30-14-8-5-9-15-30)25-34(24-31-16-10-6-11-17-31)39(37)43-29-32-18-12-7-13-19-32/h5-21,25-28,44H,3-4,22-24,29H2,1-2H3. The Hall–Kier alpha value is -4.07. The molecule has 0 aliphatic heterocycles. The Morgan fingerprint density at radius 1 is 0.727 bits per heavy atom. The molecule has 0 saturated heterocycles. The third kappa shape index (κ3) is 7.71. The van der Waals surface area contributed by atoms with E-state index in [1.165, 1.54) is 34.4 Å². The summed E-state index contributed by atoms with van der Waals surface area (Å²) in [5, 5.41) is 0.595. The van der Waals surface area contributed by atoms with E-state index in [-0.39, 0.29) is 19.6 Å². The zero-order valence-electron chi connectivity index (χ0n) is 25.6.